The average molecular weight is 385 g/mol. The first-order valence-corrected chi connectivity index (χ1v) is 8.15. The number of aliphatic hydroxyl groups excluding tert-OH is 3. The number of aliphatic hydroxyl groups is 3. The van der Waals surface area contributed by atoms with E-state index in [1.807, 2.05) is 0 Å². The molecule has 27 heavy (non-hydrogen) atoms. The first-order valence-electron chi connectivity index (χ1n) is 8.15. The summed E-state index contributed by atoms with van der Waals surface area (Å²) in [7, 11) is 2.61. The predicted molar refractivity (Wildman–Crippen MR) is 90.3 cm³/mol. The van der Waals surface area contributed by atoms with Crippen molar-refractivity contribution in [1.29, 1.82) is 0 Å². The zero-order chi connectivity index (χ0) is 20.1. The van der Waals surface area contributed by atoms with Crippen LogP contribution in [0.4, 0.5) is 0 Å². The second kappa shape index (κ2) is 9.00. The Labute approximate surface area is 155 Å². The summed E-state index contributed by atoms with van der Waals surface area (Å²) in [6, 6.07) is 3.16. The Bertz CT molecular complexity index is 680. The summed E-state index contributed by atoms with van der Waals surface area (Å²) in [4.78, 5) is 23.1. The molecule has 10 nitrogen and oxygen atoms in total. The van der Waals surface area contributed by atoms with E-state index in [0.717, 1.165) is 0 Å². The van der Waals surface area contributed by atoms with Crippen LogP contribution < -0.4 is 14.8 Å². The number of amides is 1. The Kier molecular flexibility index (Phi) is 6.97. The molecule has 1 aromatic rings. The van der Waals surface area contributed by atoms with Crippen molar-refractivity contribution in [2.24, 2.45) is 0 Å². The Morgan fingerprint density at radius 1 is 1.19 bits per heavy atom. The van der Waals surface area contributed by atoms with E-state index in [0.29, 0.717) is 0 Å². The van der Waals surface area contributed by atoms with Crippen LogP contribution in [0.3, 0.4) is 0 Å². The second-order valence-corrected chi connectivity index (χ2v) is 5.91. The third-order valence-electron chi connectivity index (χ3n) is 4.08. The molecule has 0 saturated carbocycles. The van der Waals surface area contributed by atoms with Gasteiger partial charge in [0.2, 0.25) is 12.2 Å². The van der Waals surface area contributed by atoms with Crippen LogP contribution in [0.5, 0.6) is 11.5 Å². The van der Waals surface area contributed by atoms with Crippen LogP contribution in [-0.2, 0) is 14.3 Å². The lowest BCUT2D eigenvalue weighted by molar-refractivity contribution is -0.244. The molecule has 1 amide bonds. The lowest BCUT2D eigenvalue weighted by Gasteiger charge is -2.42. The van der Waals surface area contributed by atoms with Crippen LogP contribution in [0.25, 0.3) is 0 Å². The highest BCUT2D eigenvalue weighted by molar-refractivity contribution is 5.90. The molecule has 1 aliphatic heterocycles. The second-order valence-electron chi connectivity index (χ2n) is 5.91. The van der Waals surface area contributed by atoms with Crippen LogP contribution in [0.2, 0.25) is 0 Å². The first-order chi connectivity index (χ1) is 12.8. The van der Waals surface area contributed by atoms with Crippen LogP contribution in [0.1, 0.15) is 17.3 Å². The highest BCUT2D eigenvalue weighted by Gasteiger charge is 2.46. The lowest BCUT2D eigenvalue weighted by Crippen LogP contribution is -2.65. The van der Waals surface area contributed by atoms with E-state index >= 15 is 0 Å². The van der Waals surface area contributed by atoms with E-state index in [1.54, 1.807) is 0 Å². The van der Waals surface area contributed by atoms with Crippen molar-refractivity contribution in [3.05, 3.63) is 23.8 Å². The molecule has 0 bridgehead atoms. The highest BCUT2D eigenvalue weighted by atomic mass is 16.7. The van der Waals surface area contributed by atoms with E-state index in [-0.39, 0.29) is 17.1 Å². The molecule has 1 aromatic carbocycles. The van der Waals surface area contributed by atoms with Gasteiger partial charge in [0.25, 0.3) is 0 Å². The van der Waals surface area contributed by atoms with E-state index < -0.39 is 49.1 Å². The fourth-order valence-electron chi connectivity index (χ4n) is 2.71. The lowest BCUT2D eigenvalue weighted by atomic mass is 9.97. The molecule has 1 aliphatic rings. The topological polar surface area (TPSA) is 144 Å². The normalized spacial score (nSPS) is 27.6. The van der Waals surface area contributed by atoms with Gasteiger partial charge in [0.05, 0.1) is 26.4 Å². The van der Waals surface area contributed by atoms with Crippen molar-refractivity contribution < 1.29 is 43.9 Å². The molecule has 0 aromatic heterocycles. The summed E-state index contributed by atoms with van der Waals surface area (Å²) >= 11 is 0. The number of hydrogen-bond donors (Lipinski definition) is 4. The first kappa shape index (κ1) is 20.9. The van der Waals surface area contributed by atoms with Gasteiger partial charge in [-0.2, -0.15) is 0 Å². The number of esters is 1. The van der Waals surface area contributed by atoms with E-state index in [9.17, 15) is 24.9 Å². The van der Waals surface area contributed by atoms with Crippen molar-refractivity contribution in [2.45, 2.75) is 37.6 Å². The smallest absolute Gasteiger partial charge is 0.337 e. The Morgan fingerprint density at radius 3 is 2.44 bits per heavy atom. The minimum Gasteiger partial charge on any atom is -0.493 e. The highest BCUT2D eigenvalue weighted by Crippen LogP contribution is 2.32. The quantitative estimate of drug-likeness (QED) is 0.444. The molecule has 0 unspecified atom stereocenters. The molecule has 1 fully saturated rings. The Morgan fingerprint density at radius 2 is 1.89 bits per heavy atom. The number of nitrogens with one attached hydrogen (secondary N) is 1. The largest absolute Gasteiger partial charge is 0.493 e. The third kappa shape index (κ3) is 4.66. The van der Waals surface area contributed by atoms with Gasteiger partial charge in [0, 0.05) is 6.92 Å². The van der Waals surface area contributed by atoms with Crippen LogP contribution in [-0.4, -0.2) is 78.7 Å². The molecule has 0 radical (unpaired) electrons. The third-order valence-corrected chi connectivity index (χ3v) is 4.08. The Hall–Kier alpha value is -2.40. The molecular weight excluding hydrogens is 362 g/mol. The monoisotopic (exact) mass is 385 g/mol. The zero-order valence-electron chi connectivity index (χ0n) is 15.1. The molecule has 0 spiro atoms. The summed E-state index contributed by atoms with van der Waals surface area (Å²) in [5.74, 6) is -0.697. The molecule has 4 N–H and O–H groups in total. The number of rotatable bonds is 6. The Balaban J connectivity index is 2.30. The summed E-state index contributed by atoms with van der Waals surface area (Å²) in [5.41, 5.74) is 0.230. The molecule has 0 aliphatic carbocycles. The van der Waals surface area contributed by atoms with Crippen molar-refractivity contribution in [3.63, 3.8) is 0 Å². The predicted octanol–water partition coefficient (Wildman–Crippen LogP) is -1.20. The van der Waals surface area contributed by atoms with E-state index in [1.165, 1.54) is 39.3 Å². The number of hydrogen-bond acceptors (Lipinski definition) is 9. The molecule has 1 heterocycles. The summed E-state index contributed by atoms with van der Waals surface area (Å²) in [6.45, 7) is 0.670. The van der Waals surface area contributed by atoms with Gasteiger partial charge in [-0.3, -0.25) is 4.79 Å². The summed E-state index contributed by atoms with van der Waals surface area (Å²) in [6.07, 6.45) is -5.21. The molecular formula is C17H23NO9. The average Bonchev–Trinajstić information content (AvgIpc) is 2.66. The molecule has 2 rings (SSSR count). The van der Waals surface area contributed by atoms with Crippen molar-refractivity contribution in [1.82, 2.24) is 5.32 Å². The fourth-order valence-corrected chi connectivity index (χ4v) is 2.71. The van der Waals surface area contributed by atoms with Crippen LogP contribution >= 0.6 is 0 Å². The molecule has 150 valence electrons. The SMILES string of the molecule is COC(=O)c1ccc(O[C@@H]2O[C@H](CO)[C@H](O)[C@@H](O)[C@H]2NC(C)=O)c(OC)c1. The van der Waals surface area contributed by atoms with Crippen molar-refractivity contribution >= 4 is 11.9 Å². The summed E-state index contributed by atoms with van der Waals surface area (Å²) < 4.78 is 21.1. The van der Waals surface area contributed by atoms with Gasteiger partial charge in [0.15, 0.2) is 11.5 Å². The van der Waals surface area contributed by atoms with Gasteiger partial charge in [-0.05, 0) is 18.2 Å². The van der Waals surface area contributed by atoms with E-state index in [2.05, 4.69) is 10.1 Å². The van der Waals surface area contributed by atoms with Gasteiger partial charge >= 0.3 is 5.97 Å². The zero-order valence-corrected chi connectivity index (χ0v) is 15.1. The van der Waals surface area contributed by atoms with Gasteiger partial charge in [-0.15, -0.1) is 0 Å². The number of methoxy groups -OCH3 is 2. The molecule has 5 atom stereocenters. The minimum atomic E-state index is -1.44. The van der Waals surface area contributed by atoms with Gasteiger partial charge < -0.3 is 39.6 Å². The van der Waals surface area contributed by atoms with Gasteiger partial charge in [0.1, 0.15) is 24.4 Å². The minimum absolute atomic E-state index is 0.158. The van der Waals surface area contributed by atoms with Crippen LogP contribution in [0.15, 0.2) is 18.2 Å². The molecule has 1 saturated heterocycles. The maximum atomic E-state index is 11.6. The fraction of sp³-hybridized carbons (Fsp3) is 0.529. The maximum Gasteiger partial charge on any atom is 0.337 e. The number of ether oxygens (including phenoxy) is 4. The van der Waals surface area contributed by atoms with Crippen LogP contribution in [0, 0.1) is 0 Å². The van der Waals surface area contributed by atoms with Crippen molar-refractivity contribution in [2.75, 3.05) is 20.8 Å². The number of carbonyl (C=O) groups is 2. The van der Waals surface area contributed by atoms with Crippen molar-refractivity contribution in [3.8, 4) is 11.5 Å². The standard InChI is InChI=1S/C17H23NO9/c1-8(20)18-13-15(22)14(21)12(7-19)27-17(13)26-10-5-4-9(16(23)25-3)6-11(10)24-2/h4-6,12-15,17,19,21-22H,7H2,1-3H3,(H,18,20)/t12-,13-,14+,15+,17-/m1/s1. The number of benzene rings is 1. The van der Waals surface area contributed by atoms with E-state index in [4.69, 9.17) is 14.2 Å². The maximum absolute atomic E-state index is 11.6. The number of carbonyl (C=O) groups excluding carboxylic acids is 2. The van der Waals surface area contributed by atoms with Gasteiger partial charge in [-0.1, -0.05) is 0 Å². The van der Waals surface area contributed by atoms with Gasteiger partial charge in [-0.25, -0.2) is 4.79 Å². The summed E-state index contributed by atoms with van der Waals surface area (Å²) in [5, 5.41) is 32.1. The molecule has 10 heteroatoms.